The third-order valence-corrected chi connectivity index (χ3v) is 1.83. The van der Waals surface area contributed by atoms with E-state index in [9.17, 15) is 9.90 Å². The molecule has 0 spiro atoms. The fourth-order valence-corrected chi connectivity index (χ4v) is 1.12. The molecule has 0 saturated carbocycles. The lowest BCUT2D eigenvalue weighted by atomic mass is 10.1. The van der Waals surface area contributed by atoms with Crippen molar-refractivity contribution in [3.63, 3.8) is 0 Å². The van der Waals surface area contributed by atoms with Crippen LogP contribution in [0.15, 0.2) is 12.3 Å². The van der Waals surface area contributed by atoms with Crippen molar-refractivity contribution >= 4 is 5.78 Å². The molecule has 0 saturated heterocycles. The highest BCUT2D eigenvalue weighted by atomic mass is 16.3. The predicted molar refractivity (Wildman–Crippen MR) is 48.5 cm³/mol. The summed E-state index contributed by atoms with van der Waals surface area (Å²) in [5, 5.41) is 13.3. The van der Waals surface area contributed by atoms with E-state index in [-0.39, 0.29) is 5.78 Å². The number of carbonyl (C=O) groups excluding carboxylic acids is 1. The second-order valence-electron chi connectivity index (χ2n) is 3.04. The minimum absolute atomic E-state index is 0.289. The van der Waals surface area contributed by atoms with E-state index in [0.717, 1.165) is 6.42 Å². The number of aliphatic hydroxyl groups excluding tert-OH is 1. The number of rotatable bonds is 4. The van der Waals surface area contributed by atoms with Gasteiger partial charge in [0.05, 0.1) is 0 Å². The Hall–Kier alpha value is -1.16. The van der Waals surface area contributed by atoms with Crippen LogP contribution in [0, 0.1) is 0 Å². The van der Waals surface area contributed by atoms with Crippen LogP contribution in [-0.2, 0) is 7.05 Å². The Labute approximate surface area is 77.2 Å². The molecule has 0 fully saturated rings. The normalized spacial score (nSPS) is 12.8. The SMILES string of the molecule is CCCC(O)C(=O)c1ccn(C)n1. The summed E-state index contributed by atoms with van der Waals surface area (Å²) in [6.45, 7) is 1.93. The van der Waals surface area contributed by atoms with Crippen LogP contribution >= 0.6 is 0 Å². The van der Waals surface area contributed by atoms with E-state index in [2.05, 4.69) is 5.10 Å². The van der Waals surface area contributed by atoms with Crippen molar-refractivity contribution < 1.29 is 9.90 Å². The van der Waals surface area contributed by atoms with Crippen LogP contribution in [-0.4, -0.2) is 26.8 Å². The number of hydrogen-bond acceptors (Lipinski definition) is 3. The maximum absolute atomic E-state index is 11.4. The quantitative estimate of drug-likeness (QED) is 0.699. The van der Waals surface area contributed by atoms with Crippen LogP contribution in [0.25, 0.3) is 0 Å². The van der Waals surface area contributed by atoms with Crippen molar-refractivity contribution in [1.29, 1.82) is 0 Å². The Morgan fingerprint density at radius 3 is 2.92 bits per heavy atom. The maximum atomic E-state index is 11.4. The molecule has 1 unspecified atom stereocenters. The summed E-state index contributed by atoms with van der Waals surface area (Å²) in [5.41, 5.74) is 0.337. The Morgan fingerprint density at radius 1 is 1.77 bits per heavy atom. The van der Waals surface area contributed by atoms with Crippen molar-refractivity contribution in [3.8, 4) is 0 Å². The van der Waals surface area contributed by atoms with Gasteiger partial charge < -0.3 is 5.11 Å². The summed E-state index contributed by atoms with van der Waals surface area (Å²) < 4.78 is 1.55. The fraction of sp³-hybridized carbons (Fsp3) is 0.556. The molecule has 4 nitrogen and oxygen atoms in total. The van der Waals surface area contributed by atoms with E-state index in [1.54, 1.807) is 24.0 Å². The number of aromatic nitrogens is 2. The highest BCUT2D eigenvalue weighted by Crippen LogP contribution is 2.05. The lowest BCUT2D eigenvalue weighted by Crippen LogP contribution is -2.20. The first-order valence-electron chi connectivity index (χ1n) is 4.37. The first kappa shape index (κ1) is 9.92. The number of hydrogen-bond donors (Lipinski definition) is 1. The molecule has 1 atom stereocenters. The molecule has 0 aromatic carbocycles. The Kier molecular flexibility index (Phi) is 3.19. The zero-order valence-electron chi connectivity index (χ0n) is 7.90. The Bertz CT molecular complexity index is 294. The van der Waals surface area contributed by atoms with Gasteiger partial charge in [0.15, 0.2) is 0 Å². The van der Waals surface area contributed by atoms with E-state index in [4.69, 9.17) is 0 Å². The molecular formula is C9H14N2O2. The number of aliphatic hydroxyl groups is 1. The summed E-state index contributed by atoms with van der Waals surface area (Å²) >= 11 is 0. The average molecular weight is 182 g/mol. The number of Topliss-reactive ketones (excluding diaryl/α,β-unsaturated/α-hetero) is 1. The van der Waals surface area contributed by atoms with Crippen LogP contribution in [0.2, 0.25) is 0 Å². The number of carbonyl (C=O) groups is 1. The summed E-state index contributed by atoms with van der Waals surface area (Å²) in [6.07, 6.45) is 2.07. The molecule has 0 amide bonds. The minimum Gasteiger partial charge on any atom is -0.385 e. The van der Waals surface area contributed by atoms with Crippen LogP contribution in [0.3, 0.4) is 0 Å². The van der Waals surface area contributed by atoms with E-state index in [1.807, 2.05) is 6.92 Å². The summed E-state index contributed by atoms with van der Waals surface area (Å²) in [6, 6.07) is 1.61. The molecule has 4 heteroatoms. The van der Waals surface area contributed by atoms with Crippen molar-refractivity contribution in [2.24, 2.45) is 7.05 Å². The van der Waals surface area contributed by atoms with Gasteiger partial charge in [-0.15, -0.1) is 0 Å². The van der Waals surface area contributed by atoms with Crippen LogP contribution < -0.4 is 0 Å². The summed E-state index contributed by atoms with van der Waals surface area (Å²) in [5.74, 6) is -0.289. The van der Waals surface area contributed by atoms with Crippen molar-refractivity contribution in [3.05, 3.63) is 18.0 Å². The molecule has 1 aromatic rings. The molecule has 0 radical (unpaired) electrons. The molecular weight excluding hydrogens is 168 g/mol. The number of ketones is 1. The van der Waals surface area contributed by atoms with E-state index in [0.29, 0.717) is 12.1 Å². The van der Waals surface area contributed by atoms with E-state index in [1.165, 1.54) is 0 Å². The van der Waals surface area contributed by atoms with Gasteiger partial charge in [0.25, 0.3) is 0 Å². The molecule has 1 rings (SSSR count). The highest BCUT2D eigenvalue weighted by Gasteiger charge is 2.17. The topological polar surface area (TPSA) is 55.1 Å². The first-order valence-corrected chi connectivity index (χ1v) is 4.37. The highest BCUT2D eigenvalue weighted by molar-refractivity contribution is 5.97. The third kappa shape index (κ3) is 2.39. The maximum Gasteiger partial charge on any atom is 0.211 e. The molecule has 0 aliphatic rings. The molecule has 1 N–H and O–H groups in total. The van der Waals surface area contributed by atoms with Gasteiger partial charge in [-0.3, -0.25) is 9.48 Å². The monoisotopic (exact) mass is 182 g/mol. The zero-order valence-corrected chi connectivity index (χ0v) is 7.90. The van der Waals surface area contributed by atoms with Gasteiger partial charge >= 0.3 is 0 Å². The fourth-order valence-electron chi connectivity index (χ4n) is 1.12. The van der Waals surface area contributed by atoms with Gasteiger partial charge in [-0.25, -0.2) is 0 Å². The van der Waals surface area contributed by atoms with Crippen molar-refractivity contribution in [1.82, 2.24) is 9.78 Å². The predicted octanol–water partition coefficient (Wildman–Crippen LogP) is 0.764. The van der Waals surface area contributed by atoms with Crippen LogP contribution in [0.5, 0.6) is 0 Å². The van der Waals surface area contributed by atoms with Gasteiger partial charge in [0.2, 0.25) is 5.78 Å². The third-order valence-electron chi connectivity index (χ3n) is 1.83. The standard InChI is InChI=1S/C9H14N2O2/c1-3-4-8(12)9(13)7-5-6-11(2)10-7/h5-6,8,12H,3-4H2,1-2H3. The second-order valence-corrected chi connectivity index (χ2v) is 3.04. The molecule has 1 heterocycles. The summed E-state index contributed by atoms with van der Waals surface area (Å²) in [7, 11) is 1.74. The first-order chi connectivity index (χ1) is 6.15. The lowest BCUT2D eigenvalue weighted by Gasteiger charge is -2.04. The summed E-state index contributed by atoms with van der Waals surface area (Å²) in [4.78, 5) is 11.4. The lowest BCUT2D eigenvalue weighted by molar-refractivity contribution is 0.0723. The van der Waals surface area contributed by atoms with Crippen LogP contribution in [0.1, 0.15) is 30.3 Å². The van der Waals surface area contributed by atoms with Crippen molar-refractivity contribution in [2.45, 2.75) is 25.9 Å². The van der Waals surface area contributed by atoms with Gasteiger partial charge in [0.1, 0.15) is 11.8 Å². The molecule has 13 heavy (non-hydrogen) atoms. The van der Waals surface area contributed by atoms with Crippen LogP contribution in [0.4, 0.5) is 0 Å². The Balaban J connectivity index is 2.67. The molecule has 0 aliphatic carbocycles. The zero-order chi connectivity index (χ0) is 9.84. The molecule has 72 valence electrons. The van der Waals surface area contributed by atoms with Gasteiger partial charge in [-0.05, 0) is 12.5 Å². The Morgan fingerprint density at radius 2 is 2.46 bits per heavy atom. The average Bonchev–Trinajstić information content (AvgIpc) is 2.51. The molecule has 1 aromatic heterocycles. The van der Waals surface area contributed by atoms with Gasteiger partial charge in [-0.1, -0.05) is 13.3 Å². The van der Waals surface area contributed by atoms with Gasteiger partial charge in [0, 0.05) is 13.2 Å². The number of aryl methyl sites for hydroxylation is 1. The minimum atomic E-state index is -0.903. The largest absolute Gasteiger partial charge is 0.385 e. The van der Waals surface area contributed by atoms with Crippen molar-refractivity contribution in [2.75, 3.05) is 0 Å². The van der Waals surface area contributed by atoms with E-state index < -0.39 is 6.10 Å². The second kappa shape index (κ2) is 4.18. The number of nitrogens with zero attached hydrogens (tertiary/aromatic N) is 2. The smallest absolute Gasteiger partial charge is 0.211 e. The van der Waals surface area contributed by atoms with Gasteiger partial charge in [-0.2, -0.15) is 5.10 Å². The van der Waals surface area contributed by atoms with E-state index >= 15 is 0 Å². The molecule has 0 aliphatic heterocycles. The molecule has 0 bridgehead atoms.